The quantitative estimate of drug-likeness (QED) is 0.877. The summed E-state index contributed by atoms with van der Waals surface area (Å²) in [5.74, 6) is 0.909. The first kappa shape index (κ1) is 11.9. The van der Waals surface area contributed by atoms with Gasteiger partial charge in [0.2, 0.25) is 0 Å². The van der Waals surface area contributed by atoms with Crippen molar-refractivity contribution in [1.29, 1.82) is 0 Å². The number of aryl methyl sites for hydroxylation is 2. The van der Waals surface area contributed by atoms with Crippen molar-refractivity contribution in [2.24, 2.45) is 0 Å². The normalized spacial score (nSPS) is 12.6. The van der Waals surface area contributed by atoms with Crippen LogP contribution in [0.5, 0.6) is 0 Å². The molecule has 0 radical (unpaired) electrons. The van der Waals surface area contributed by atoms with E-state index in [1.165, 1.54) is 11.1 Å². The molecule has 1 atom stereocenters. The van der Waals surface area contributed by atoms with E-state index < -0.39 is 0 Å². The Kier molecular flexibility index (Phi) is 3.59. The van der Waals surface area contributed by atoms with E-state index in [9.17, 15) is 0 Å². The van der Waals surface area contributed by atoms with E-state index in [0.717, 1.165) is 18.0 Å². The molecule has 1 unspecified atom stereocenters. The van der Waals surface area contributed by atoms with Crippen LogP contribution in [0, 0.1) is 13.8 Å². The fourth-order valence-electron chi connectivity index (χ4n) is 2.02. The lowest BCUT2D eigenvalue weighted by Crippen LogP contribution is -2.23. The van der Waals surface area contributed by atoms with Crippen molar-refractivity contribution in [2.75, 3.05) is 6.54 Å². The molecule has 0 aliphatic rings. The van der Waals surface area contributed by atoms with Crippen molar-refractivity contribution < 1.29 is 4.42 Å². The molecule has 0 aliphatic carbocycles. The van der Waals surface area contributed by atoms with Crippen LogP contribution in [0.2, 0.25) is 0 Å². The molecule has 0 fully saturated rings. The molecule has 3 nitrogen and oxygen atoms in total. The average molecular weight is 230 g/mol. The molecule has 2 aromatic heterocycles. The summed E-state index contributed by atoms with van der Waals surface area (Å²) in [7, 11) is 0. The van der Waals surface area contributed by atoms with E-state index in [0.29, 0.717) is 0 Å². The minimum Gasteiger partial charge on any atom is -0.467 e. The van der Waals surface area contributed by atoms with Crippen molar-refractivity contribution in [3.63, 3.8) is 0 Å². The summed E-state index contributed by atoms with van der Waals surface area (Å²) in [6.45, 7) is 7.10. The number of hydrogen-bond acceptors (Lipinski definition) is 3. The number of aromatic nitrogens is 1. The van der Waals surface area contributed by atoms with Gasteiger partial charge in [0.05, 0.1) is 12.0 Å². The van der Waals surface area contributed by atoms with Crippen LogP contribution in [0.3, 0.4) is 0 Å². The first-order chi connectivity index (χ1) is 8.22. The molecular weight excluding hydrogens is 212 g/mol. The molecule has 0 saturated heterocycles. The molecule has 0 bridgehead atoms. The highest BCUT2D eigenvalue weighted by atomic mass is 16.3. The zero-order chi connectivity index (χ0) is 12.3. The molecule has 2 rings (SSSR count). The third-order valence-electron chi connectivity index (χ3n) is 2.76. The number of furan rings is 1. The maximum absolute atomic E-state index is 5.49. The first-order valence-corrected chi connectivity index (χ1v) is 5.92. The van der Waals surface area contributed by atoms with Gasteiger partial charge in [0, 0.05) is 6.20 Å². The summed E-state index contributed by atoms with van der Waals surface area (Å²) in [6, 6.07) is 6.07. The Morgan fingerprint density at radius 2 is 2.24 bits per heavy atom. The smallest absolute Gasteiger partial charge is 0.126 e. The van der Waals surface area contributed by atoms with Crippen molar-refractivity contribution in [2.45, 2.75) is 26.8 Å². The molecule has 0 aromatic carbocycles. The van der Waals surface area contributed by atoms with Gasteiger partial charge in [0.15, 0.2) is 0 Å². The van der Waals surface area contributed by atoms with Crippen LogP contribution in [0.25, 0.3) is 0 Å². The van der Waals surface area contributed by atoms with Gasteiger partial charge in [-0.15, -0.1) is 0 Å². The van der Waals surface area contributed by atoms with Crippen LogP contribution in [0.15, 0.2) is 35.1 Å². The molecule has 0 amide bonds. The number of nitrogens with one attached hydrogen (secondary N) is 1. The van der Waals surface area contributed by atoms with Gasteiger partial charge in [0.1, 0.15) is 11.8 Å². The van der Waals surface area contributed by atoms with Gasteiger partial charge in [-0.25, -0.2) is 0 Å². The van der Waals surface area contributed by atoms with E-state index >= 15 is 0 Å². The molecule has 1 N–H and O–H groups in total. The second-order valence-electron chi connectivity index (χ2n) is 4.22. The number of pyridine rings is 1. The second kappa shape index (κ2) is 5.15. The summed E-state index contributed by atoms with van der Waals surface area (Å²) < 4.78 is 5.49. The van der Waals surface area contributed by atoms with Crippen LogP contribution in [-0.4, -0.2) is 11.5 Å². The van der Waals surface area contributed by atoms with E-state index in [1.54, 1.807) is 6.26 Å². The Hall–Kier alpha value is -1.61. The molecule has 17 heavy (non-hydrogen) atoms. The first-order valence-electron chi connectivity index (χ1n) is 5.92. The van der Waals surface area contributed by atoms with Crippen LogP contribution in [0.4, 0.5) is 0 Å². The molecule has 0 spiro atoms. The summed E-state index contributed by atoms with van der Waals surface area (Å²) in [5.41, 5.74) is 3.40. The van der Waals surface area contributed by atoms with Crippen molar-refractivity contribution in [3.05, 3.63) is 53.2 Å². The zero-order valence-electron chi connectivity index (χ0n) is 10.5. The molecular formula is C14H18N2O. The standard InChI is InChI=1S/C14H18N2O/c1-4-15-14(12-6-5-7-17-12)13-11(3)8-10(2)9-16-13/h5-9,14-15H,4H2,1-3H3. The zero-order valence-corrected chi connectivity index (χ0v) is 10.5. The minimum absolute atomic E-state index is 0.0376. The van der Waals surface area contributed by atoms with Gasteiger partial charge >= 0.3 is 0 Å². The Labute approximate surface area is 102 Å². The van der Waals surface area contributed by atoms with Crippen LogP contribution in [0.1, 0.15) is 35.5 Å². The largest absolute Gasteiger partial charge is 0.467 e. The molecule has 3 heteroatoms. The van der Waals surface area contributed by atoms with Crippen molar-refractivity contribution in [3.8, 4) is 0 Å². The van der Waals surface area contributed by atoms with Gasteiger partial charge in [0.25, 0.3) is 0 Å². The maximum atomic E-state index is 5.49. The highest BCUT2D eigenvalue weighted by Crippen LogP contribution is 2.23. The topological polar surface area (TPSA) is 38.1 Å². The Morgan fingerprint density at radius 1 is 1.41 bits per heavy atom. The minimum atomic E-state index is 0.0376. The predicted octanol–water partition coefficient (Wildman–Crippen LogP) is 2.99. The molecule has 2 heterocycles. The molecule has 90 valence electrons. The number of hydrogen-bond donors (Lipinski definition) is 1. The van der Waals surface area contributed by atoms with E-state index in [4.69, 9.17) is 4.42 Å². The van der Waals surface area contributed by atoms with Crippen molar-refractivity contribution in [1.82, 2.24) is 10.3 Å². The van der Waals surface area contributed by atoms with Gasteiger partial charge in [-0.05, 0) is 43.7 Å². The highest BCUT2D eigenvalue weighted by Gasteiger charge is 2.18. The highest BCUT2D eigenvalue weighted by molar-refractivity contribution is 5.30. The summed E-state index contributed by atoms with van der Waals surface area (Å²) in [6.07, 6.45) is 3.60. The van der Waals surface area contributed by atoms with E-state index in [-0.39, 0.29) is 6.04 Å². The molecule has 2 aromatic rings. The Bertz CT molecular complexity index is 477. The SMILES string of the molecule is CCNC(c1ccco1)c1ncc(C)cc1C. The van der Waals surface area contributed by atoms with E-state index in [1.807, 2.05) is 18.3 Å². The maximum Gasteiger partial charge on any atom is 0.126 e. The van der Waals surface area contributed by atoms with Crippen molar-refractivity contribution >= 4 is 0 Å². The summed E-state index contributed by atoms with van der Waals surface area (Å²) >= 11 is 0. The fourth-order valence-corrected chi connectivity index (χ4v) is 2.02. The van der Waals surface area contributed by atoms with Crippen LogP contribution < -0.4 is 5.32 Å². The number of nitrogens with zero attached hydrogens (tertiary/aromatic N) is 1. The van der Waals surface area contributed by atoms with Gasteiger partial charge in [-0.2, -0.15) is 0 Å². The molecule has 0 saturated carbocycles. The Balaban J connectivity index is 2.39. The van der Waals surface area contributed by atoms with Gasteiger partial charge in [-0.1, -0.05) is 13.0 Å². The number of rotatable bonds is 4. The Morgan fingerprint density at radius 3 is 2.82 bits per heavy atom. The second-order valence-corrected chi connectivity index (χ2v) is 4.22. The van der Waals surface area contributed by atoms with Gasteiger partial charge in [-0.3, -0.25) is 4.98 Å². The monoisotopic (exact) mass is 230 g/mol. The summed E-state index contributed by atoms with van der Waals surface area (Å²) in [5, 5.41) is 3.41. The van der Waals surface area contributed by atoms with Crippen LogP contribution >= 0.6 is 0 Å². The predicted molar refractivity (Wildman–Crippen MR) is 67.9 cm³/mol. The lowest BCUT2D eigenvalue weighted by atomic mass is 10.0. The summed E-state index contributed by atoms with van der Waals surface area (Å²) in [4.78, 5) is 4.53. The third kappa shape index (κ3) is 2.56. The lowest BCUT2D eigenvalue weighted by molar-refractivity contribution is 0.446. The molecule has 0 aliphatic heterocycles. The van der Waals surface area contributed by atoms with Crippen LogP contribution in [-0.2, 0) is 0 Å². The average Bonchev–Trinajstić information content (AvgIpc) is 2.80. The van der Waals surface area contributed by atoms with E-state index in [2.05, 4.69) is 37.1 Å². The lowest BCUT2D eigenvalue weighted by Gasteiger charge is -2.17. The third-order valence-corrected chi connectivity index (χ3v) is 2.76. The fraction of sp³-hybridized carbons (Fsp3) is 0.357. The van der Waals surface area contributed by atoms with Gasteiger partial charge < -0.3 is 9.73 Å².